The molecule has 1 aliphatic heterocycles. The maximum absolute atomic E-state index is 4.98. The molecule has 4 heteroatoms. The molecule has 0 amide bonds. The van der Waals surface area contributed by atoms with Crippen molar-refractivity contribution in [3.8, 4) is 5.82 Å². The van der Waals surface area contributed by atoms with Gasteiger partial charge >= 0.3 is 0 Å². The minimum absolute atomic E-state index is 0.381. The summed E-state index contributed by atoms with van der Waals surface area (Å²) in [7, 11) is 0. The molecule has 1 aliphatic rings. The van der Waals surface area contributed by atoms with Gasteiger partial charge in [-0.25, -0.2) is 4.98 Å². The van der Waals surface area contributed by atoms with Crippen molar-refractivity contribution in [2.24, 2.45) is 0 Å². The first-order chi connectivity index (χ1) is 25.9. The summed E-state index contributed by atoms with van der Waals surface area (Å²) in [5, 5.41) is 2.44. The molecule has 0 spiro atoms. The molecule has 0 radical (unpaired) electrons. The van der Waals surface area contributed by atoms with Crippen LogP contribution in [0.1, 0.15) is 61.4 Å². The Labute approximate surface area is 312 Å². The topological polar surface area (TPSA) is 24.3 Å². The summed E-state index contributed by atoms with van der Waals surface area (Å²) in [4.78, 5) is 9.93. The number of nitrogens with zero attached hydrogens (tertiary/aromatic N) is 4. The maximum atomic E-state index is 4.98. The Bertz CT molecular complexity index is 2530. The van der Waals surface area contributed by atoms with Gasteiger partial charge in [-0.05, 0) is 96.1 Å². The fourth-order valence-electron chi connectivity index (χ4n) is 8.55. The van der Waals surface area contributed by atoms with E-state index in [1.54, 1.807) is 0 Å². The predicted octanol–water partition coefficient (Wildman–Crippen LogP) is 12.0. The van der Waals surface area contributed by atoms with Crippen LogP contribution in [-0.4, -0.2) is 22.3 Å². The molecular formula is C49H44N4. The molecule has 2 aromatic heterocycles. The average molecular weight is 689 g/mol. The Kier molecular flexibility index (Phi) is 8.11. The molecule has 0 saturated heterocycles. The van der Waals surface area contributed by atoms with E-state index in [1.165, 1.54) is 55.7 Å². The lowest BCUT2D eigenvalue weighted by Crippen LogP contribution is -2.34. The molecule has 8 aromatic rings. The fourth-order valence-corrected chi connectivity index (χ4v) is 8.55. The van der Waals surface area contributed by atoms with Crippen molar-refractivity contribution in [3.63, 3.8) is 0 Å². The molecule has 0 fully saturated rings. The van der Waals surface area contributed by atoms with Crippen molar-refractivity contribution in [3.05, 3.63) is 198 Å². The number of fused-ring (bicyclic) bond motifs is 4. The monoisotopic (exact) mass is 688 g/mol. The van der Waals surface area contributed by atoms with E-state index in [9.17, 15) is 0 Å². The lowest BCUT2D eigenvalue weighted by atomic mass is 9.65. The Morgan fingerprint density at radius 2 is 1.15 bits per heavy atom. The zero-order chi connectivity index (χ0) is 36.1. The molecular weight excluding hydrogens is 645 g/mol. The highest BCUT2D eigenvalue weighted by atomic mass is 15.4. The van der Waals surface area contributed by atoms with Gasteiger partial charge in [0, 0.05) is 28.7 Å². The Morgan fingerprint density at radius 1 is 0.528 bits per heavy atom. The molecule has 0 bridgehead atoms. The maximum Gasteiger partial charge on any atom is 0.137 e. The summed E-state index contributed by atoms with van der Waals surface area (Å²) >= 11 is 0. The largest absolute Gasteiger partial charge is 0.349 e. The second-order valence-corrected chi connectivity index (χ2v) is 14.8. The second kappa shape index (κ2) is 13.1. The van der Waals surface area contributed by atoms with E-state index in [0.29, 0.717) is 12.0 Å². The van der Waals surface area contributed by atoms with Gasteiger partial charge in [0.25, 0.3) is 0 Å². The highest BCUT2D eigenvalue weighted by Gasteiger charge is 2.40. The SMILES string of the molecule is CC(C)c1ccnc(-n2c3ccccc3c3ccc(C(c4ccccc4)(c4ccccc4)c4cccc(N5CN(C(C)C)c6ccccc65)c4)cc32)c1. The quantitative estimate of drug-likeness (QED) is 0.149. The van der Waals surface area contributed by atoms with Crippen LogP contribution in [-0.2, 0) is 5.41 Å². The summed E-state index contributed by atoms with van der Waals surface area (Å²) < 4.78 is 2.36. The first-order valence-corrected chi connectivity index (χ1v) is 18.8. The average Bonchev–Trinajstić information content (AvgIpc) is 3.76. The van der Waals surface area contributed by atoms with E-state index in [4.69, 9.17) is 4.98 Å². The summed E-state index contributed by atoms with van der Waals surface area (Å²) in [6, 6.07) is 60.7. The Balaban J connectivity index is 1.33. The summed E-state index contributed by atoms with van der Waals surface area (Å²) in [6.07, 6.45) is 1.95. The number of aromatic nitrogens is 2. The number of anilines is 3. The third-order valence-electron chi connectivity index (χ3n) is 11.2. The van der Waals surface area contributed by atoms with Crippen LogP contribution in [0.5, 0.6) is 0 Å². The summed E-state index contributed by atoms with van der Waals surface area (Å²) in [5.41, 5.74) is 11.5. The van der Waals surface area contributed by atoms with Crippen LogP contribution < -0.4 is 9.80 Å². The molecule has 0 unspecified atom stereocenters. The molecule has 53 heavy (non-hydrogen) atoms. The normalized spacial score (nSPS) is 13.1. The van der Waals surface area contributed by atoms with E-state index in [1.807, 2.05) is 6.20 Å². The van der Waals surface area contributed by atoms with Crippen LogP contribution in [0.4, 0.5) is 17.1 Å². The van der Waals surface area contributed by atoms with Crippen molar-refractivity contribution in [1.82, 2.24) is 9.55 Å². The third kappa shape index (κ3) is 5.32. The van der Waals surface area contributed by atoms with Gasteiger partial charge in [0.2, 0.25) is 0 Å². The van der Waals surface area contributed by atoms with E-state index < -0.39 is 5.41 Å². The number of para-hydroxylation sites is 3. The van der Waals surface area contributed by atoms with Gasteiger partial charge in [-0.15, -0.1) is 0 Å². The highest BCUT2D eigenvalue weighted by Crippen LogP contribution is 2.49. The van der Waals surface area contributed by atoms with Gasteiger partial charge in [0.05, 0.1) is 34.5 Å². The lowest BCUT2D eigenvalue weighted by Gasteiger charge is -2.37. The van der Waals surface area contributed by atoms with Crippen LogP contribution >= 0.6 is 0 Å². The molecule has 3 heterocycles. The van der Waals surface area contributed by atoms with Crippen molar-refractivity contribution in [2.45, 2.75) is 45.1 Å². The number of pyridine rings is 1. The van der Waals surface area contributed by atoms with E-state index in [0.717, 1.165) is 23.5 Å². The van der Waals surface area contributed by atoms with Gasteiger partial charge < -0.3 is 9.80 Å². The Hall–Kier alpha value is -6.13. The smallest absolute Gasteiger partial charge is 0.137 e. The van der Waals surface area contributed by atoms with E-state index in [2.05, 4.69) is 206 Å². The van der Waals surface area contributed by atoms with Crippen LogP contribution in [0.2, 0.25) is 0 Å². The summed E-state index contributed by atoms with van der Waals surface area (Å²) in [6.45, 7) is 9.84. The van der Waals surface area contributed by atoms with Crippen molar-refractivity contribution >= 4 is 38.9 Å². The number of hydrogen-bond donors (Lipinski definition) is 0. The second-order valence-electron chi connectivity index (χ2n) is 14.8. The first kappa shape index (κ1) is 32.8. The Morgan fingerprint density at radius 3 is 1.87 bits per heavy atom. The van der Waals surface area contributed by atoms with E-state index in [-0.39, 0.29) is 0 Å². The van der Waals surface area contributed by atoms with Gasteiger partial charge in [0.1, 0.15) is 5.82 Å². The minimum atomic E-state index is -0.627. The predicted molar refractivity (Wildman–Crippen MR) is 222 cm³/mol. The molecule has 0 aliphatic carbocycles. The fraction of sp³-hybridized carbons (Fsp3) is 0.163. The first-order valence-electron chi connectivity index (χ1n) is 18.8. The van der Waals surface area contributed by atoms with Crippen LogP contribution in [0.15, 0.2) is 170 Å². The summed E-state index contributed by atoms with van der Waals surface area (Å²) in [5.74, 6) is 1.33. The van der Waals surface area contributed by atoms with Gasteiger partial charge in [-0.3, -0.25) is 4.57 Å². The van der Waals surface area contributed by atoms with E-state index >= 15 is 0 Å². The highest BCUT2D eigenvalue weighted by molar-refractivity contribution is 6.09. The minimum Gasteiger partial charge on any atom is -0.349 e. The zero-order valence-corrected chi connectivity index (χ0v) is 30.8. The number of hydrogen-bond acceptors (Lipinski definition) is 3. The van der Waals surface area contributed by atoms with Gasteiger partial charge in [0.15, 0.2) is 0 Å². The van der Waals surface area contributed by atoms with Crippen LogP contribution in [0, 0.1) is 0 Å². The molecule has 0 N–H and O–H groups in total. The number of benzene rings is 6. The molecule has 0 saturated carbocycles. The van der Waals surface area contributed by atoms with Crippen LogP contribution in [0.25, 0.3) is 27.6 Å². The molecule has 260 valence electrons. The molecule has 6 aromatic carbocycles. The van der Waals surface area contributed by atoms with Gasteiger partial charge in [-0.2, -0.15) is 0 Å². The molecule has 4 nitrogen and oxygen atoms in total. The zero-order valence-electron chi connectivity index (χ0n) is 30.8. The standard InChI is InChI=1S/C49H44N4/c1-34(2)36-28-29-50-48(30-36)53-44-23-12-11-22-42(44)43-27-26-40(32-47(43)53)49(37-16-7-5-8-17-37,38-18-9-6-10-19-38)39-20-15-21-41(31-39)52-33-51(35(3)4)45-24-13-14-25-46(45)52/h5-32,34-35H,33H2,1-4H3. The molecule has 0 atom stereocenters. The van der Waals surface area contributed by atoms with Gasteiger partial charge in [-0.1, -0.05) is 129 Å². The molecule has 9 rings (SSSR count). The third-order valence-corrected chi connectivity index (χ3v) is 11.2. The van der Waals surface area contributed by atoms with Crippen molar-refractivity contribution in [1.29, 1.82) is 0 Å². The lowest BCUT2D eigenvalue weighted by molar-refractivity contribution is 0.708. The number of rotatable bonds is 8. The van der Waals surface area contributed by atoms with Crippen LogP contribution in [0.3, 0.4) is 0 Å². The van der Waals surface area contributed by atoms with Crippen molar-refractivity contribution < 1.29 is 0 Å². The van der Waals surface area contributed by atoms with Crippen molar-refractivity contribution in [2.75, 3.05) is 16.5 Å².